The lowest BCUT2D eigenvalue weighted by molar-refractivity contribution is 0.0591. The number of hydrogen-bond donors (Lipinski definition) is 2. The molecule has 1 rings (SSSR count). The summed E-state index contributed by atoms with van der Waals surface area (Å²) in [6.07, 6.45) is 3.99. The highest BCUT2D eigenvalue weighted by atomic mass is 16.5. The fourth-order valence-electron chi connectivity index (χ4n) is 1.69. The molecule has 1 heterocycles. The second kappa shape index (κ2) is 5.85. The minimum atomic E-state index is -0.0452. The number of rotatable bonds is 6. The Bertz CT molecular complexity index is 287. The van der Waals surface area contributed by atoms with Gasteiger partial charge in [-0.3, -0.25) is 10.5 Å². The Morgan fingerprint density at radius 2 is 2.40 bits per heavy atom. The van der Waals surface area contributed by atoms with Crippen LogP contribution >= 0.6 is 0 Å². The van der Waals surface area contributed by atoms with Gasteiger partial charge in [0.2, 0.25) is 0 Å². The van der Waals surface area contributed by atoms with Crippen LogP contribution in [0.3, 0.4) is 0 Å². The molecule has 2 unspecified atom stereocenters. The lowest BCUT2D eigenvalue weighted by Gasteiger charge is -2.23. The molecule has 0 aliphatic carbocycles. The first-order chi connectivity index (χ1) is 7.22. The van der Waals surface area contributed by atoms with E-state index in [9.17, 15) is 0 Å². The summed E-state index contributed by atoms with van der Waals surface area (Å²) in [5.41, 5.74) is 3.68. The molecular weight excluding hydrogens is 192 g/mol. The van der Waals surface area contributed by atoms with Crippen molar-refractivity contribution in [2.45, 2.75) is 31.9 Å². The van der Waals surface area contributed by atoms with E-state index in [4.69, 9.17) is 10.6 Å². The van der Waals surface area contributed by atoms with Gasteiger partial charge < -0.3 is 4.74 Å². The van der Waals surface area contributed by atoms with Gasteiger partial charge in [-0.25, -0.2) is 5.43 Å². The van der Waals surface area contributed by atoms with Crippen molar-refractivity contribution in [1.82, 2.24) is 15.2 Å². The minimum Gasteiger partial charge on any atom is -0.379 e. The summed E-state index contributed by atoms with van der Waals surface area (Å²) >= 11 is 0. The van der Waals surface area contributed by atoms with E-state index in [0.29, 0.717) is 0 Å². The van der Waals surface area contributed by atoms with Crippen LogP contribution in [-0.2, 0) is 11.8 Å². The average Bonchev–Trinajstić information content (AvgIpc) is 2.64. The SMILES string of the molecule is CCCC(OC)C(NN)c1ccn(C)n1. The maximum absolute atomic E-state index is 5.54. The molecule has 0 aromatic carbocycles. The van der Waals surface area contributed by atoms with Gasteiger partial charge in [-0.1, -0.05) is 13.3 Å². The number of hydrogen-bond acceptors (Lipinski definition) is 4. The van der Waals surface area contributed by atoms with Gasteiger partial charge in [-0.2, -0.15) is 5.10 Å². The normalized spacial score (nSPS) is 15.2. The van der Waals surface area contributed by atoms with Crippen LogP contribution in [0.4, 0.5) is 0 Å². The number of nitrogens with two attached hydrogens (primary N) is 1. The highest BCUT2D eigenvalue weighted by Crippen LogP contribution is 2.19. The van der Waals surface area contributed by atoms with Crippen LogP contribution in [0, 0.1) is 0 Å². The number of nitrogens with one attached hydrogen (secondary N) is 1. The fraction of sp³-hybridized carbons (Fsp3) is 0.700. The van der Waals surface area contributed by atoms with Crippen molar-refractivity contribution in [3.05, 3.63) is 18.0 Å². The molecule has 5 nitrogen and oxygen atoms in total. The van der Waals surface area contributed by atoms with Gasteiger partial charge in [0.15, 0.2) is 0 Å². The van der Waals surface area contributed by atoms with E-state index >= 15 is 0 Å². The fourth-order valence-corrected chi connectivity index (χ4v) is 1.69. The molecule has 5 heteroatoms. The van der Waals surface area contributed by atoms with E-state index in [2.05, 4.69) is 17.4 Å². The third kappa shape index (κ3) is 3.02. The summed E-state index contributed by atoms with van der Waals surface area (Å²) in [4.78, 5) is 0. The summed E-state index contributed by atoms with van der Waals surface area (Å²) in [7, 11) is 3.59. The average molecular weight is 212 g/mol. The smallest absolute Gasteiger partial charge is 0.0911 e. The first kappa shape index (κ1) is 12.2. The molecule has 0 saturated heterocycles. The predicted octanol–water partition coefficient (Wildman–Crippen LogP) is 0.740. The third-order valence-electron chi connectivity index (χ3n) is 2.48. The first-order valence-corrected chi connectivity index (χ1v) is 5.21. The highest BCUT2D eigenvalue weighted by molar-refractivity contribution is 5.07. The van der Waals surface area contributed by atoms with Gasteiger partial charge in [0.05, 0.1) is 17.8 Å². The largest absolute Gasteiger partial charge is 0.379 e. The number of aromatic nitrogens is 2. The molecule has 0 saturated carbocycles. The molecule has 2 atom stereocenters. The first-order valence-electron chi connectivity index (χ1n) is 5.21. The Balaban J connectivity index is 2.76. The molecule has 0 radical (unpaired) electrons. The molecule has 0 spiro atoms. The summed E-state index contributed by atoms with van der Waals surface area (Å²) in [6.45, 7) is 2.12. The summed E-state index contributed by atoms with van der Waals surface area (Å²) in [5, 5.41) is 4.33. The van der Waals surface area contributed by atoms with Crippen LogP contribution in [-0.4, -0.2) is 23.0 Å². The van der Waals surface area contributed by atoms with Crippen molar-refractivity contribution < 1.29 is 4.74 Å². The highest BCUT2D eigenvalue weighted by Gasteiger charge is 2.22. The van der Waals surface area contributed by atoms with Crippen molar-refractivity contribution in [3.8, 4) is 0 Å². The van der Waals surface area contributed by atoms with Gasteiger partial charge in [0, 0.05) is 20.4 Å². The third-order valence-corrected chi connectivity index (χ3v) is 2.48. The van der Waals surface area contributed by atoms with Gasteiger partial charge in [0.1, 0.15) is 0 Å². The number of methoxy groups -OCH3 is 1. The van der Waals surface area contributed by atoms with Crippen LogP contribution < -0.4 is 11.3 Å². The summed E-state index contributed by atoms with van der Waals surface area (Å²) in [5.74, 6) is 5.54. The van der Waals surface area contributed by atoms with E-state index < -0.39 is 0 Å². The van der Waals surface area contributed by atoms with Gasteiger partial charge in [-0.05, 0) is 12.5 Å². The van der Waals surface area contributed by atoms with E-state index in [-0.39, 0.29) is 12.1 Å². The Morgan fingerprint density at radius 1 is 1.67 bits per heavy atom. The number of aryl methyl sites for hydroxylation is 1. The van der Waals surface area contributed by atoms with Crippen LogP contribution in [0.5, 0.6) is 0 Å². The quantitative estimate of drug-likeness (QED) is 0.539. The molecule has 0 fully saturated rings. The Morgan fingerprint density at radius 3 is 2.80 bits per heavy atom. The maximum Gasteiger partial charge on any atom is 0.0911 e. The van der Waals surface area contributed by atoms with Crippen molar-refractivity contribution in [1.29, 1.82) is 0 Å². The molecular formula is C10H20N4O. The molecule has 15 heavy (non-hydrogen) atoms. The Kier molecular flexibility index (Phi) is 4.74. The van der Waals surface area contributed by atoms with Crippen molar-refractivity contribution in [2.24, 2.45) is 12.9 Å². The van der Waals surface area contributed by atoms with E-state index in [1.807, 2.05) is 19.3 Å². The maximum atomic E-state index is 5.54. The zero-order chi connectivity index (χ0) is 11.3. The van der Waals surface area contributed by atoms with Gasteiger partial charge in [-0.15, -0.1) is 0 Å². The molecule has 1 aromatic rings. The van der Waals surface area contributed by atoms with Gasteiger partial charge in [0.25, 0.3) is 0 Å². The molecule has 1 aromatic heterocycles. The van der Waals surface area contributed by atoms with Crippen molar-refractivity contribution in [3.63, 3.8) is 0 Å². The monoisotopic (exact) mass is 212 g/mol. The Labute approximate surface area is 90.6 Å². The van der Waals surface area contributed by atoms with E-state index in [1.165, 1.54) is 0 Å². The second-order valence-corrected chi connectivity index (χ2v) is 3.62. The summed E-state index contributed by atoms with van der Waals surface area (Å²) < 4.78 is 7.18. The topological polar surface area (TPSA) is 65.1 Å². The molecule has 86 valence electrons. The molecule has 0 aliphatic rings. The lowest BCUT2D eigenvalue weighted by Crippen LogP contribution is -2.37. The minimum absolute atomic E-state index is 0.0452. The van der Waals surface area contributed by atoms with E-state index in [1.54, 1.807) is 11.8 Å². The lowest BCUT2D eigenvalue weighted by atomic mass is 10.0. The molecule has 0 aliphatic heterocycles. The van der Waals surface area contributed by atoms with Crippen LogP contribution in [0.15, 0.2) is 12.3 Å². The van der Waals surface area contributed by atoms with Crippen molar-refractivity contribution in [2.75, 3.05) is 7.11 Å². The van der Waals surface area contributed by atoms with Crippen molar-refractivity contribution >= 4 is 0 Å². The number of hydrazine groups is 1. The number of nitrogens with zero attached hydrogens (tertiary/aromatic N) is 2. The predicted molar refractivity (Wildman–Crippen MR) is 59.0 cm³/mol. The van der Waals surface area contributed by atoms with Crippen LogP contribution in [0.1, 0.15) is 31.5 Å². The van der Waals surface area contributed by atoms with Crippen LogP contribution in [0.25, 0.3) is 0 Å². The van der Waals surface area contributed by atoms with Crippen LogP contribution in [0.2, 0.25) is 0 Å². The zero-order valence-corrected chi connectivity index (χ0v) is 9.60. The molecule has 0 amide bonds. The summed E-state index contributed by atoms with van der Waals surface area (Å²) in [6, 6.07) is 1.91. The van der Waals surface area contributed by atoms with Gasteiger partial charge >= 0.3 is 0 Å². The van der Waals surface area contributed by atoms with E-state index in [0.717, 1.165) is 18.5 Å². The second-order valence-electron chi connectivity index (χ2n) is 3.62. The zero-order valence-electron chi connectivity index (χ0n) is 9.60. The molecule has 0 bridgehead atoms. The Hall–Kier alpha value is -0.910. The molecule has 3 N–H and O–H groups in total. The standard InChI is InChI=1S/C10H20N4O/c1-4-5-9(15-3)10(12-11)8-6-7-14(2)13-8/h6-7,9-10,12H,4-5,11H2,1-3H3. The number of ether oxygens (including phenoxy) is 1.